The number of amides is 1. The predicted octanol–water partition coefficient (Wildman–Crippen LogP) is 2.26. The second kappa shape index (κ2) is 5.92. The van der Waals surface area contributed by atoms with Gasteiger partial charge in [-0.2, -0.15) is 0 Å². The molecule has 2 aromatic heterocycles. The highest BCUT2D eigenvalue weighted by Crippen LogP contribution is 2.28. The highest BCUT2D eigenvalue weighted by Gasteiger charge is 2.33. The van der Waals surface area contributed by atoms with Crippen molar-refractivity contribution in [3.8, 4) is 0 Å². The van der Waals surface area contributed by atoms with Gasteiger partial charge in [0.15, 0.2) is 0 Å². The van der Waals surface area contributed by atoms with Gasteiger partial charge in [0.25, 0.3) is 0 Å². The van der Waals surface area contributed by atoms with Crippen LogP contribution in [0.1, 0.15) is 22.7 Å². The van der Waals surface area contributed by atoms with Gasteiger partial charge in [0, 0.05) is 37.3 Å². The maximum absolute atomic E-state index is 12.8. The zero-order valence-electron chi connectivity index (χ0n) is 13.2. The molecule has 0 radical (unpaired) electrons. The summed E-state index contributed by atoms with van der Waals surface area (Å²) in [5.41, 5.74) is 1.33. The molecular formula is C17H20N4OS. The summed E-state index contributed by atoms with van der Waals surface area (Å²) in [6.07, 6.45) is 3.70. The molecule has 0 spiro atoms. The van der Waals surface area contributed by atoms with E-state index in [9.17, 15) is 4.79 Å². The fourth-order valence-electron chi connectivity index (χ4n) is 3.48. The van der Waals surface area contributed by atoms with Gasteiger partial charge in [-0.25, -0.2) is 9.97 Å². The Labute approximate surface area is 140 Å². The molecule has 1 unspecified atom stereocenters. The molecule has 0 aliphatic carbocycles. The number of aryl methyl sites for hydroxylation is 1. The summed E-state index contributed by atoms with van der Waals surface area (Å²) in [7, 11) is 0. The maximum Gasteiger partial charge on any atom is 0.227 e. The summed E-state index contributed by atoms with van der Waals surface area (Å²) in [6.45, 7) is 5.19. The van der Waals surface area contributed by atoms with E-state index in [1.807, 2.05) is 29.2 Å². The molecular weight excluding hydrogens is 308 g/mol. The number of hydrogen-bond acceptors (Lipinski definition) is 5. The number of carbonyl (C=O) groups excluding carboxylic acids is 1. The topological polar surface area (TPSA) is 49.3 Å². The van der Waals surface area contributed by atoms with Crippen LogP contribution >= 0.6 is 11.3 Å². The molecule has 2 aliphatic rings. The van der Waals surface area contributed by atoms with E-state index in [0.717, 1.165) is 50.7 Å². The Morgan fingerprint density at radius 3 is 3.13 bits per heavy atom. The lowest BCUT2D eigenvalue weighted by Crippen LogP contribution is -2.40. The van der Waals surface area contributed by atoms with E-state index >= 15 is 0 Å². The van der Waals surface area contributed by atoms with Crippen molar-refractivity contribution in [2.24, 2.45) is 5.92 Å². The van der Waals surface area contributed by atoms with Crippen molar-refractivity contribution in [3.63, 3.8) is 0 Å². The molecule has 2 aliphatic heterocycles. The summed E-state index contributed by atoms with van der Waals surface area (Å²) >= 11 is 1.81. The third-order valence-corrected chi connectivity index (χ3v) is 5.77. The number of carbonyl (C=O) groups is 1. The zero-order chi connectivity index (χ0) is 15.8. The molecule has 23 heavy (non-hydrogen) atoms. The molecule has 4 heterocycles. The molecule has 1 saturated heterocycles. The summed E-state index contributed by atoms with van der Waals surface area (Å²) in [5, 5.41) is 2.13. The highest BCUT2D eigenvalue weighted by molar-refractivity contribution is 7.10. The number of thiophene rings is 1. The minimum Gasteiger partial charge on any atom is -0.356 e. The van der Waals surface area contributed by atoms with Gasteiger partial charge < -0.3 is 9.80 Å². The fourth-order valence-corrected chi connectivity index (χ4v) is 4.37. The fraction of sp³-hybridized carbons (Fsp3) is 0.471. The van der Waals surface area contributed by atoms with Gasteiger partial charge in [0.05, 0.1) is 5.92 Å². The van der Waals surface area contributed by atoms with Gasteiger partial charge in [0.1, 0.15) is 11.6 Å². The minimum atomic E-state index is 0.0884. The van der Waals surface area contributed by atoms with E-state index in [2.05, 4.69) is 26.3 Å². The maximum atomic E-state index is 12.8. The second-order valence-electron chi connectivity index (χ2n) is 6.27. The van der Waals surface area contributed by atoms with Gasteiger partial charge in [0.2, 0.25) is 5.91 Å². The van der Waals surface area contributed by atoms with Crippen molar-refractivity contribution in [1.29, 1.82) is 0 Å². The largest absolute Gasteiger partial charge is 0.356 e. The van der Waals surface area contributed by atoms with Crippen LogP contribution in [0, 0.1) is 12.8 Å². The Hall–Kier alpha value is -1.95. The average Bonchev–Trinajstić information content (AvgIpc) is 3.22. The molecule has 1 atom stereocenters. The van der Waals surface area contributed by atoms with Gasteiger partial charge in [-0.1, -0.05) is 0 Å². The van der Waals surface area contributed by atoms with Crippen LogP contribution in [0.15, 0.2) is 23.7 Å². The van der Waals surface area contributed by atoms with Crippen LogP contribution < -0.4 is 4.90 Å². The third kappa shape index (κ3) is 2.83. The van der Waals surface area contributed by atoms with Crippen LogP contribution in [0.25, 0.3) is 0 Å². The lowest BCUT2D eigenvalue weighted by atomic mass is 10.0. The standard InChI is InChI=1S/C17H20N4OS/c1-12-18-6-2-16(19-12)20-7-3-14(11-20)17(22)21-8-4-15-13(10-21)5-9-23-15/h2,5-6,9,14H,3-4,7-8,10-11H2,1H3. The normalized spacial score (nSPS) is 20.7. The second-order valence-corrected chi connectivity index (χ2v) is 7.27. The Kier molecular flexibility index (Phi) is 3.77. The van der Waals surface area contributed by atoms with Crippen molar-refractivity contribution >= 4 is 23.1 Å². The monoisotopic (exact) mass is 328 g/mol. The lowest BCUT2D eigenvalue weighted by molar-refractivity contribution is -0.135. The highest BCUT2D eigenvalue weighted by atomic mass is 32.1. The average molecular weight is 328 g/mol. The Bertz CT molecular complexity index is 729. The van der Waals surface area contributed by atoms with E-state index in [0.29, 0.717) is 5.91 Å². The Balaban J connectivity index is 1.43. The van der Waals surface area contributed by atoms with Crippen molar-refractivity contribution in [3.05, 3.63) is 40.0 Å². The van der Waals surface area contributed by atoms with E-state index in [4.69, 9.17) is 0 Å². The first kappa shape index (κ1) is 14.6. The van der Waals surface area contributed by atoms with Crippen LogP contribution in [-0.2, 0) is 17.8 Å². The van der Waals surface area contributed by atoms with E-state index in [-0.39, 0.29) is 5.92 Å². The third-order valence-electron chi connectivity index (χ3n) is 4.74. The first-order valence-electron chi connectivity index (χ1n) is 8.09. The summed E-state index contributed by atoms with van der Waals surface area (Å²) < 4.78 is 0. The Morgan fingerprint density at radius 1 is 1.35 bits per heavy atom. The summed E-state index contributed by atoms with van der Waals surface area (Å²) in [6, 6.07) is 4.09. The lowest BCUT2D eigenvalue weighted by Gasteiger charge is -2.29. The summed E-state index contributed by atoms with van der Waals surface area (Å²) in [5.74, 6) is 2.10. The van der Waals surface area contributed by atoms with Gasteiger partial charge >= 0.3 is 0 Å². The zero-order valence-corrected chi connectivity index (χ0v) is 14.1. The van der Waals surface area contributed by atoms with Crippen molar-refractivity contribution < 1.29 is 4.79 Å². The van der Waals surface area contributed by atoms with Crippen molar-refractivity contribution in [2.45, 2.75) is 26.3 Å². The predicted molar refractivity (Wildman–Crippen MR) is 90.5 cm³/mol. The SMILES string of the molecule is Cc1nccc(N2CCC(C(=O)N3CCc4sccc4C3)C2)n1. The van der Waals surface area contributed by atoms with Crippen LogP contribution in [0.4, 0.5) is 5.82 Å². The molecule has 0 N–H and O–H groups in total. The quantitative estimate of drug-likeness (QED) is 0.848. The molecule has 2 aromatic rings. The molecule has 120 valence electrons. The smallest absolute Gasteiger partial charge is 0.227 e. The molecule has 0 saturated carbocycles. The number of nitrogens with zero attached hydrogens (tertiary/aromatic N) is 4. The molecule has 6 heteroatoms. The minimum absolute atomic E-state index is 0.0884. The first-order chi connectivity index (χ1) is 11.2. The van der Waals surface area contributed by atoms with Crippen LogP contribution in [-0.4, -0.2) is 40.4 Å². The van der Waals surface area contributed by atoms with Crippen LogP contribution in [0.3, 0.4) is 0 Å². The van der Waals surface area contributed by atoms with Gasteiger partial charge in [-0.3, -0.25) is 4.79 Å². The first-order valence-corrected chi connectivity index (χ1v) is 8.97. The number of rotatable bonds is 2. The van der Waals surface area contributed by atoms with Crippen LogP contribution in [0.2, 0.25) is 0 Å². The van der Waals surface area contributed by atoms with Crippen LogP contribution in [0.5, 0.6) is 0 Å². The van der Waals surface area contributed by atoms with E-state index in [1.54, 1.807) is 6.20 Å². The summed E-state index contributed by atoms with van der Waals surface area (Å²) in [4.78, 5) is 27.1. The van der Waals surface area contributed by atoms with Gasteiger partial charge in [-0.15, -0.1) is 11.3 Å². The molecule has 1 fully saturated rings. The molecule has 1 amide bonds. The van der Waals surface area contributed by atoms with Gasteiger partial charge in [-0.05, 0) is 42.8 Å². The number of fused-ring (bicyclic) bond motifs is 1. The molecule has 0 aromatic carbocycles. The number of hydrogen-bond donors (Lipinski definition) is 0. The van der Waals surface area contributed by atoms with Crippen molar-refractivity contribution in [1.82, 2.24) is 14.9 Å². The molecule has 5 nitrogen and oxygen atoms in total. The number of aromatic nitrogens is 2. The Morgan fingerprint density at radius 2 is 2.26 bits per heavy atom. The van der Waals surface area contributed by atoms with E-state index in [1.165, 1.54) is 10.4 Å². The molecule has 0 bridgehead atoms. The molecule has 4 rings (SSSR count). The van der Waals surface area contributed by atoms with E-state index < -0.39 is 0 Å². The number of anilines is 1. The van der Waals surface area contributed by atoms with Crippen molar-refractivity contribution in [2.75, 3.05) is 24.5 Å².